The van der Waals surface area contributed by atoms with Gasteiger partial charge in [-0.1, -0.05) is 0 Å². The van der Waals surface area contributed by atoms with Crippen molar-refractivity contribution in [1.29, 1.82) is 0 Å². The molecule has 3 heterocycles. The lowest BCUT2D eigenvalue weighted by Crippen LogP contribution is -2.42. The predicted octanol–water partition coefficient (Wildman–Crippen LogP) is 1.45. The zero-order valence-electron chi connectivity index (χ0n) is 12.8. The lowest BCUT2D eigenvalue weighted by Gasteiger charge is -2.32. The molecule has 1 aliphatic rings. The summed E-state index contributed by atoms with van der Waals surface area (Å²) >= 11 is 0. The average Bonchev–Trinajstić information content (AvgIpc) is 2.55. The van der Waals surface area contributed by atoms with Crippen LogP contribution in [0.4, 0.5) is 5.82 Å². The van der Waals surface area contributed by atoms with E-state index in [1.807, 2.05) is 6.07 Å². The van der Waals surface area contributed by atoms with Gasteiger partial charge in [0.2, 0.25) is 5.56 Å². The number of hydrogen-bond donors (Lipinski definition) is 2. The molecule has 0 radical (unpaired) electrons. The summed E-state index contributed by atoms with van der Waals surface area (Å²) in [6, 6.07) is 5.71. The van der Waals surface area contributed by atoms with E-state index in [2.05, 4.69) is 27.1 Å². The molecule has 0 amide bonds. The summed E-state index contributed by atoms with van der Waals surface area (Å²) in [5.74, 6) is 0.795. The molecule has 2 aromatic heterocycles. The largest absolute Gasteiger partial charge is 0.379 e. The van der Waals surface area contributed by atoms with Crippen LogP contribution in [0, 0.1) is 0 Å². The van der Waals surface area contributed by atoms with Crippen LogP contribution in [-0.4, -0.2) is 53.8 Å². The summed E-state index contributed by atoms with van der Waals surface area (Å²) in [6.45, 7) is 6.79. The molecule has 0 bridgehead atoms. The summed E-state index contributed by atoms with van der Waals surface area (Å²) in [5, 5.41) is 4.27. The highest BCUT2D eigenvalue weighted by molar-refractivity contribution is 5.79. The zero-order valence-corrected chi connectivity index (χ0v) is 12.8. The van der Waals surface area contributed by atoms with E-state index in [0.717, 1.165) is 56.0 Å². The fourth-order valence-corrected chi connectivity index (χ4v) is 2.75. The minimum atomic E-state index is -0.0920. The molecule has 3 rings (SSSR count). The Morgan fingerprint density at radius 1 is 1.41 bits per heavy atom. The van der Waals surface area contributed by atoms with Gasteiger partial charge in [0.05, 0.1) is 18.7 Å². The molecular formula is C16H22N4O2. The highest BCUT2D eigenvalue weighted by atomic mass is 16.5. The molecule has 6 nitrogen and oxygen atoms in total. The summed E-state index contributed by atoms with van der Waals surface area (Å²) < 4.78 is 5.38. The van der Waals surface area contributed by atoms with Crippen LogP contribution in [0.1, 0.15) is 13.3 Å². The van der Waals surface area contributed by atoms with Crippen LogP contribution >= 0.6 is 0 Å². The second-order valence-electron chi connectivity index (χ2n) is 5.69. The molecule has 118 valence electrons. The van der Waals surface area contributed by atoms with Gasteiger partial charge in [0.1, 0.15) is 5.82 Å². The molecule has 1 atom stereocenters. The third-order valence-electron chi connectivity index (χ3n) is 4.14. The molecule has 1 fully saturated rings. The van der Waals surface area contributed by atoms with Crippen molar-refractivity contribution in [3.8, 4) is 0 Å². The number of nitrogens with zero attached hydrogens (tertiary/aromatic N) is 2. The Kier molecular flexibility index (Phi) is 4.70. The normalized spacial score (nSPS) is 17.5. The first-order chi connectivity index (χ1) is 10.7. The first-order valence-electron chi connectivity index (χ1n) is 7.77. The van der Waals surface area contributed by atoms with Crippen molar-refractivity contribution >= 4 is 16.7 Å². The van der Waals surface area contributed by atoms with Crippen molar-refractivity contribution in [3.63, 3.8) is 0 Å². The highest BCUT2D eigenvalue weighted by Crippen LogP contribution is 2.13. The van der Waals surface area contributed by atoms with Crippen LogP contribution in [0.2, 0.25) is 0 Å². The highest BCUT2D eigenvalue weighted by Gasteiger charge is 2.16. The van der Waals surface area contributed by atoms with Crippen molar-refractivity contribution in [2.45, 2.75) is 19.4 Å². The molecule has 0 spiro atoms. The van der Waals surface area contributed by atoms with Crippen LogP contribution in [0.25, 0.3) is 10.9 Å². The molecule has 2 aromatic rings. The number of aromatic amines is 1. The predicted molar refractivity (Wildman–Crippen MR) is 87.3 cm³/mol. The summed E-state index contributed by atoms with van der Waals surface area (Å²) in [6.07, 6.45) is 2.82. The molecule has 22 heavy (non-hydrogen) atoms. The minimum absolute atomic E-state index is 0.0920. The van der Waals surface area contributed by atoms with Crippen LogP contribution in [0.3, 0.4) is 0 Å². The summed E-state index contributed by atoms with van der Waals surface area (Å²) in [4.78, 5) is 21.0. The Balaban J connectivity index is 1.55. The average molecular weight is 302 g/mol. The molecular weight excluding hydrogens is 280 g/mol. The molecule has 1 aliphatic heterocycles. The minimum Gasteiger partial charge on any atom is -0.379 e. The molecule has 6 heteroatoms. The molecule has 0 aliphatic carbocycles. The van der Waals surface area contributed by atoms with Gasteiger partial charge in [0.15, 0.2) is 0 Å². The van der Waals surface area contributed by atoms with E-state index in [9.17, 15) is 4.79 Å². The Labute approximate surface area is 129 Å². The zero-order chi connectivity index (χ0) is 15.4. The van der Waals surface area contributed by atoms with Gasteiger partial charge < -0.3 is 15.0 Å². The van der Waals surface area contributed by atoms with Gasteiger partial charge in [-0.05, 0) is 19.4 Å². The Morgan fingerprint density at radius 2 is 2.23 bits per heavy atom. The molecule has 0 aromatic carbocycles. The molecule has 1 saturated heterocycles. The van der Waals surface area contributed by atoms with E-state index < -0.39 is 0 Å². The summed E-state index contributed by atoms with van der Waals surface area (Å²) in [5.41, 5.74) is 0.719. The monoisotopic (exact) mass is 302 g/mol. The SMILES string of the molecule is CC(CCNc1cc2[nH]c(=O)ccc2cn1)N1CCOCC1. The third kappa shape index (κ3) is 3.64. The number of H-pyrrole nitrogens is 1. The van der Waals surface area contributed by atoms with E-state index in [-0.39, 0.29) is 5.56 Å². The topological polar surface area (TPSA) is 70.2 Å². The lowest BCUT2D eigenvalue weighted by molar-refractivity contribution is 0.0193. The van der Waals surface area contributed by atoms with Crippen molar-refractivity contribution in [2.24, 2.45) is 0 Å². The van der Waals surface area contributed by atoms with Gasteiger partial charge in [-0.25, -0.2) is 4.98 Å². The lowest BCUT2D eigenvalue weighted by atomic mass is 10.2. The maximum atomic E-state index is 11.4. The number of ether oxygens (including phenoxy) is 1. The first kappa shape index (κ1) is 15.0. The fourth-order valence-electron chi connectivity index (χ4n) is 2.75. The maximum Gasteiger partial charge on any atom is 0.248 e. The molecule has 0 saturated carbocycles. The van der Waals surface area contributed by atoms with E-state index >= 15 is 0 Å². The smallest absolute Gasteiger partial charge is 0.248 e. The van der Waals surface area contributed by atoms with E-state index in [4.69, 9.17) is 4.74 Å². The van der Waals surface area contributed by atoms with Gasteiger partial charge in [-0.15, -0.1) is 0 Å². The third-order valence-corrected chi connectivity index (χ3v) is 4.14. The number of rotatable bonds is 5. The number of hydrogen-bond acceptors (Lipinski definition) is 5. The quantitative estimate of drug-likeness (QED) is 0.875. The Morgan fingerprint density at radius 3 is 3.05 bits per heavy atom. The van der Waals surface area contributed by atoms with Gasteiger partial charge >= 0.3 is 0 Å². The van der Waals surface area contributed by atoms with Gasteiger partial charge in [0, 0.05) is 49.4 Å². The molecule has 1 unspecified atom stereocenters. The maximum absolute atomic E-state index is 11.4. The first-order valence-corrected chi connectivity index (χ1v) is 7.77. The van der Waals surface area contributed by atoms with Crippen LogP contribution in [0.5, 0.6) is 0 Å². The van der Waals surface area contributed by atoms with Gasteiger partial charge in [0.25, 0.3) is 0 Å². The van der Waals surface area contributed by atoms with Gasteiger partial charge in [-0.3, -0.25) is 9.69 Å². The van der Waals surface area contributed by atoms with Crippen molar-refractivity contribution < 1.29 is 4.74 Å². The van der Waals surface area contributed by atoms with Crippen molar-refractivity contribution in [3.05, 3.63) is 34.7 Å². The standard InChI is InChI=1S/C16H22N4O2/c1-12(20-6-8-22-9-7-20)4-5-17-15-10-14-13(11-18-15)2-3-16(21)19-14/h2-3,10-12H,4-9H2,1H3,(H,17,18)(H,19,21). The van der Waals surface area contributed by atoms with Gasteiger partial charge in [-0.2, -0.15) is 0 Å². The van der Waals surface area contributed by atoms with Crippen LogP contribution in [-0.2, 0) is 4.74 Å². The molecule has 2 N–H and O–H groups in total. The number of aromatic nitrogens is 2. The van der Waals surface area contributed by atoms with E-state index in [1.54, 1.807) is 12.3 Å². The van der Waals surface area contributed by atoms with Crippen molar-refractivity contribution in [2.75, 3.05) is 38.2 Å². The number of morpholine rings is 1. The summed E-state index contributed by atoms with van der Waals surface area (Å²) in [7, 11) is 0. The van der Waals surface area contributed by atoms with Crippen LogP contribution < -0.4 is 10.9 Å². The number of nitrogens with one attached hydrogen (secondary N) is 2. The van der Waals surface area contributed by atoms with Crippen molar-refractivity contribution in [1.82, 2.24) is 14.9 Å². The Bertz CT molecular complexity index is 679. The number of fused-ring (bicyclic) bond motifs is 1. The fraction of sp³-hybridized carbons (Fsp3) is 0.500. The second kappa shape index (κ2) is 6.89. The number of anilines is 1. The van der Waals surface area contributed by atoms with E-state index in [0.29, 0.717) is 6.04 Å². The second-order valence-corrected chi connectivity index (χ2v) is 5.69. The Hall–Kier alpha value is -1.92. The van der Waals surface area contributed by atoms with E-state index in [1.165, 1.54) is 6.07 Å². The van der Waals surface area contributed by atoms with Crippen LogP contribution in [0.15, 0.2) is 29.2 Å². The number of pyridine rings is 2.